The molecule has 1 aliphatic carbocycles. The predicted octanol–water partition coefficient (Wildman–Crippen LogP) is 1.28. The highest BCUT2D eigenvalue weighted by molar-refractivity contribution is 7.89. The fourth-order valence-corrected chi connectivity index (χ4v) is 4.03. The molecule has 1 atom stereocenters. The van der Waals surface area contributed by atoms with Crippen molar-refractivity contribution >= 4 is 28.3 Å². The zero-order valence-corrected chi connectivity index (χ0v) is 15.1. The summed E-state index contributed by atoms with van der Waals surface area (Å²) >= 11 is 0. The van der Waals surface area contributed by atoms with Crippen LogP contribution in [0.25, 0.3) is 0 Å². The lowest BCUT2D eigenvalue weighted by atomic mass is 10.1. The molecule has 0 spiro atoms. The molecule has 3 N–H and O–H groups in total. The lowest BCUT2D eigenvalue weighted by Crippen LogP contribution is -2.27. The summed E-state index contributed by atoms with van der Waals surface area (Å²) in [6, 6.07) is 6.18. The summed E-state index contributed by atoms with van der Waals surface area (Å²) in [7, 11) is -3.46. The number of rotatable bonds is 7. The molecule has 0 aromatic heterocycles. The van der Waals surface area contributed by atoms with Crippen LogP contribution in [0.4, 0.5) is 0 Å². The third kappa shape index (κ3) is 5.17. The average molecular weight is 374 g/mol. The Morgan fingerprint density at radius 3 is 2.46 bits per heavy atom. The van der Waals surface area contributed by atoms with Crippen molar-refractivity contribution in [3.8, 4) is 0 Å². The summed E-state index contributed by atoms with van der Waals surface area (Å²) in [6.07, 6.45) is 3.93. The number of hydrogen-bond donors (Lipinski definition) is 3. The average Bonchev–Trinajstić information content (AvgIpc) is 3.18. The molecule has 6 nitrogen and oxygen atoms in total. The van der Waals surface area contributed by atoms with Crippen LogP contribution in [0.15, 0.2) is 29.2 Å². The van der Waals surface area contributed by atoms with E-state index in [4.69, 9.17) is 0 Å². The second-order valence-corrected chi connectivity index (χ2v) is 8.04. The molecular formula is C16H24ClN3O3S. The van der Waals surface area contributed by atoms with Gasteiger partial charge in [-0.1, -0.05) is 0 Å². The van der Waals surface area contributed by atoms with E-state index in [9.17, 15) is 13.2 Å². The van der Waals surface area contributed by atoms with E-state index in [1.165, 1.54) is 12.1 Å². The minimum atomic E-state index is -3.46. The first-order valence-electron chi connectivity index (χ1n) is 8.16. The number of amides is 1. The molecule has 1 saturated heterocycles. The van der Waals surface area contributed by atoms with Crippen LogP contribution in [0.2, 0.25) is 0 Å². The van der Waals surface area contributed by atoms with E-state index in [0.717, 1.165) is 38.8 Å². The molecule has 1 aliphatic heterocycles. The van der Waals surface area contributed by atoms with Crippen LogP contribution in [0, 0.1) is 5.92 Å². The molecule has 1 aromatic rings. The summed E-state index contributed by atoms with van der Waals surface area (Å²) in [4.78, 5) is 12.3. The smallest absolute Gasteiger partial charge is 0.251 e. The van der Waals surface area contributed by atoms with Crippen LogP contribution in [0.5, 0.6) is 0 Å². The number of benzene rings is 1. The predicted molar refractivity (Wildman–Crippen MR) is 95.0 cm³/mol. The number of carbonyl (C=O) groups excluding carboxylic acids is 1. The van der Waals surface area contributed by atoms with E-state index in [1.807, 2.05) is 0 Å². The monoisotopic (exact) mass is 373 g/mol. The molecule has 0 radical (unpaired) electrons. The van der Waals surface area contributed by atoms with E-state index in [-0.39, 0.29) is 29.3 Å². The molecule has 1 heterocycles. The van der Waals surface area contributed by atoms with E-state index < -0.39 is 10.0 Å². The Kier molecular flexibility index (Phi) is 6.62. The molecular weight excluding hydrogens is 350 g/mol. The van der Waals surface area contributed by atoms with E-state index in [2.05, 4.69) is 15.4 Å². The standard InChI is InChI=1S/C16H23N3O3S.ClH/c20-16(18-10-8-12-7-9-17-11-12)13-1-5-15(6-2-13)23(21,22)19-14-3-4-14;/h1-2,5-6,12,14,17,19H,3-4,7-11H2,(H,18,20);1H. The van der Waals surface area contributed by atoms with Crippen LogP contribution in [-0.4, -0.2) is 40.0 Å². The molecule has 0 bridgehead atoms. The molecule has 1 saturated carbocycles. The second kappa shape index (κ2) is 8.29. The van der Waals surface area contributed by atoms with Gasteiger partial charge in [0.05, 0.1) is 4.90 Å². The lowest BCUT2D eigenvalue weighted by molar-refractivity contribution is 0.0951. The second-order valence-electron chi connectivity index (χ2n) is 6.32. The molecule has 1 aromatic carbocycles. The lowest BCUT2D eigenvalue weighted by Gasteiger charge is -2.10. The molecule has 2 aliphatic rings. The largest absolute Gasteiger partial charge is 0.352 e. The highest BCUT2D eigenvalue weighted by Gasteiger charge is 2.27. The van der Waals surface area contributed by atoms with Crippen LogP contribution < -0.4 is 15.4 Å². The van der Waals surface area contributed by atoms with Crippen molar-refractivity contribution in [1.29, 1.82) is 0 Å². The van der Waals surface area contributed by atoms with E-state index in [1.54, 1.807) is 12.1 Å². The van der Waals surface area contributed by atoms with Gasteiger partial charge in [-0.15, -0.1) is 12.4 Å². The van der Waals surface area contributed by atoms with Crippen molar-refractivity contribution in [1.82, 2.24) is 15.4 Å². The van der Waals surface area contributed by atoms with E-state index in [0.29, 0.717) is 18.0 Å². The van der Waals surface area contributed by atoms with Crippen molar-refractivity contribution in [2.45, 2.75) is 36.6 Å². The fourth-order valence-electron chi connectivity index (χ4n) is 2.73. The number of carbonyl (C=O) groups is 1. The van der Waals surface area contributed by atoms with E-state index >= 15 is 0 Å². The van der Waals surface area contributed by atoms with Gasteiger partial charge in [-0.3, -0.25) is 4.79 Å². The van der Waals surface area contributed by atoms with Crippen LogP contribution in [0.3, 0.4) is 0 Å². The van der Waals surface area contributed by atoms with Gasteiger partial charge in [-0.05, 0) is 69.0 Å². The molecule has 1 unspecified atom stereocenters. The maximum Gasteiger partial charge on any atom is 0.251 e. The van der Waals surface area contributed by atoms with Crippen molar-refractivity contribution in [2.24, 2.45) is 5.92 Å². The summed E-state index contributed by atoms with van der Waals surface area (Å²) in [5.74, 6) is 0.478. The van der Waals surface area contributed by atoms with Gasteiger partial charge in [0.2, 0.25) is 10.0 Å². The van der Waals surface area contributed by atoms with Gasteiger partial charge < -0.3 is 10.6 Å². The van der Waals surface area contributed by atoms with Gasteiger partial charge in [-0.2, -0.15) is 0 Å². The van der Waals surface area contributed by atoms with Gasteiger partial charge in [0.1, 0.15) is 0 Å². The van der Waals surface area contributed by atoms with Crippen LogP contribution >= 0.6 is 12.4 Å². The SMILES string of the molecule is Cl.O=C(NCCC1CCNC1)c1ccc(S(=O)(=O)NC2CC2)cc1. The Morgan fingerprint density at radius 2 is 1.88 bits per heavy atom. The first-order valence-corrected chi connectivity index (χ1v) is 9.64. The molecule has 24 heavy (non-hydrogen) atoms. The highest BCUT2D eigenvalue weighted by atomic mass is 35.5. The van der Waals surface area contributed by atoms with Crippen LogP contribution in [0.1, 0.15) is 36.0 Å². The third-order valence-corrected chi connectivity index (χ3v) is 5.86. The van der Waals surface area contributed by atoms with Gasteiger partial charge in [0, 0.05) is 18.2 Å². The van der Waals surface area contributed by atoms with Crippen molar-refractivity contribution in [3.05, 3.63) is 29.8 Å². The summed E-state index contributed by atoms with van der Waals surface area (Å²) < 4.78 is 26.8. The maximum atomic E-state index is 12.1. The van der Waals surface area contributed by atoms with Gasteiger partial charge in [-0.25, -0.2) is 13.1 Å². The molecule has 3 rings (SSSR count). The third-order valence-electron chi connectivity index (χ3n) is 4.33. The Morgan fingerprint density at radius 1 is 1.17 bits per heavy atom. The Hall–Kier alpha value is -1.15. The summed E-state index contributed by atoms with van der Waals surface area (Å²) in [6.45, 7) is 2.73. The molecule has 134 valence electrons. The first-order chi connectivity index (χ1) is 11.0. The number of hydrogen-bond acceptors (Lipinski definition) is 4. The Bertz CT molecular complexity index is 654. The molecule has 8 heteroatoms. The van der Waals surface area contributed by atoms with Crippen molar-refractivity contribution in [3.63, 3.8) is 0 Å². The topological polar surface area (TPSA) is 87.3 Å². The number of sulfonamides is 1. The maximum absolute atomic E-state index is 12.1. The zero-order chi connectivity index (χ0) is 16.3. The molecule has 2 fully saturated rings. The van der Waals surface area contributed by atoms with Gasteiger partial charge in [0.15, 0.2) is 0 Å². The Balaban J connectivity index is 0.00000208. The highest BCUT2D eigenvalue weighted by Crippen LogP contribution is 2.22. The number of nitrogens with one attached hydrogen (secondary N) is 3. The minimum Gasteiger partial charge on any atom is -0.352 e. The minimum absolute atomic E-state index is 0. The number of halogens is 1. The quantitative estimate of drug-likeness (QED) is 0.671. The Labute approximate surface area is 149 Å². The van der Waals surface area contributed by atoms with Gasteiger partial charge in [0.25, 0.3) is 5.91 Å². The summed E-state index contributed by atoms with van der Waals surface area (Å²) in [5.41, 5.74) is 0.486. The normalized spacial score (nSPS) is 20.4. The van der Waals surface area contributed by atoms with Crippen molar-refractivity contribution < 1.29 is 13.2 Å². The summed E-state index contributed by atoms with van der Waals surface area (Å²) in [5, 5.41) is 6.20. The van der Waals surface area contributed by atoms with Crippen LogP contribution in [-0.2, 0) is 10.0 Å². The van der Waals surface area contributed by atoms with Crippen molar-refractivity contribution in [2.75, 3.05) is 19.6 Å². The zero-order valence-electron chi connectivity index (χ0n) is 13.5. The fraction of sp³-hybridized carbons (Fsp3) is 0.562. The van der Waals surface area contributed by atoms with Gasteiger partial charge >= 0.3 is 0 Å². The first kappa shape index (κ1) is 19.2. The molecule has 1 amide bonds.